The number of hydrogen-bond donors (Lipinski definition) is 0. The molecular formula is C30H27NO9. The molecule has 10 heteroatoms. The minimum absolute atomic E-state index is 0.0954. The molecule has 5 rings (SSSR count). The first-order chi connectivity index (χ1) is 19.4. The quantitative estimate of drug-likeness (QED) is 0.324. The lowest BCUT2D eigenvalue weighted by molar-refractivity contribution is -0.188. The third-order valence-electron chi connectivity index (χ3n) is 6.74. The van der Waals surface area contributed by atoms with Crippen molar-refractivity contribution in [2.75, 3.05) is 13.7 Å². The highest BCUT2D eigenvalue weighted by Gasteiger charge is 2.55. The predicted octanol–water partition coefficient (Wildman–Crippen LogP) is 3.22. The molecule has 2 saturated heterocycles. The van der Waals surface area contributed by atoms with Gasteiger partial charge in [-0.2, -0.15) is 5.06 Å². The Bertz CT molecular complexity index is 1350. The number of carbonyl (C=O) groups is 4. The molecule has 2 bridgehead atoms. The van der Waals surface area contributed by atoms with E-state index in [4.69, 9.17) is 23.8 Å². The fraction of sp³-hybridized carbons (Fsp3) is 0.267. The van der Waals surface area contributed by atoms with Crippen LogP contribution >= 0.6 is 0 Å². The molecule has 0 aromatic heterocycles. The van der Waals surface area contributed by atoms with Gasteiger partial charge in [-0.1, -0.05) is 54.6 Å². The fourth-order valence-corrected chi connectivity index (χ4v) is 4.75. The van der Waals surface area contributed by atoms with Crippen molar-refractivity contribution >= 4 is 23.9 Å². The molecule has 2 aliphatic rings. The minimum atomic E-state index is -1.26. The second-order valence-corrected chi connectivity index (χ2v) is 9.30. The van der Waals surface area contributed by atoms with Gasteiger partial charge in [0.2, 0.25) is 0 Å². The van der Waals surface area contributed by atoms with E-state index in [1.54, 1.807) is 91.0 Å². The standard InChI is InChI=1S/C30H27NO9/c1-36-30(35)22-17-23-25(38-28(33)20-13-7-3-8-14-20)26(39-29(34)21-15-9-4-10-16-21)24(18-31(22)40-23)37-27(32)19-11-5-2-6-12-19/h2-16,22-26H,17-18H2,1H3/t22-,23+,24+,25+,26-/m1/s1. The maximum absolute atomic E-state index is 13.2. The van der Waals surface area contributed by atoms with Crippen molar-refractivity contribution < 1.29 is 43.0 Å². The number of fused-ring (bicyclic) bond motifs is 2. The van der Waals surface area contributed by atoms with Crippen LogP contribution in [0.15, 0.2) is 91.0 Å². The molecule has 1 unspecified atom stereocenters. The van der Waals surface area contributed by atoms with Crippen LogP contribution in [0.4, 0.5) is 0 Å². The molecule has 0 spiro atoms. The van der Waals surface area contributed by atoms with Crippen LogP contribution < -0.4 is 0 Å². The van der Waals surface area contributed by atoms with Gasteiger partial charge in [0.15, 0.2) is 18.3 Å². The van der Waals surface area contributed by atoms with E-state index in [0.717, 1.165) is 0 Å². The van der Waals surface area contributed by atoms with Gasteiger partial charge in [0, 0.05) is 6.42 Å². The molecule has 0 N–H and O–H groups in total. The first-order valence-electron chi connectivity index (χ1n) is 12.7. The summed E-state index contributed by atoms with van der Waals surface area (Å²) >= 11 is 0. The van der Waals surface area contributed by atoms with Crippen LogP contribution in [0.1, 0.15) is 37.5 Å². The maximum atomic E-state index is 13.2. The van der Waals surface area contributed by atoms with Crippen LogP contribution in [0.3, 0.4) is 0 Å². The summed E-state index contributed by atoms with van der Waals surface area (Å²) in [5.41, 5.74) is 0.784. The van der Waals surface area contributed by atoms with Gasteiger partial charge in [-0.15, -0.1) is 0 Å². The van der Waals surface area contributed by atoms with E-state index in [0.29, 0.717) is 0 Å². The molecule has 3 aromatic rings. The second-order valence-electron chi connectivity index (χ2n) is 9.30. The Kier molecular flexibility index (Phi) is 8.18. The zero-order valence-corrected chi connectivity index (χ0v) is 21.6. The molecule has 206 valence electrons. The van der Waals surface area contributed by atoms with E-state index in [1.165, 1.54) is 12.2 Å². The second kappa shape index (κ2) is 12.1. The Balaban J connectivity index is 1.51. The summed E-state index contributed by atoms with van der Waals surface area (Å²) in [6.45, 7) is -0.152. The first-order valence-corrected chi connectivity index (χ1v) is 12.7. The number of hydrogen-bond acceptors (Lipinski definition) is 10. The zero-order valence-electron chi connectivity index (χ0n) is 21.6. The van der Waals surface area contributed by atoms with Crippen LogP contribution in [0.5, 0.6) is 0 Å². The molecule has 0 radical (unpaired) electrons. The highest BCUT2D eigenvalue weighted by atomic mass is 16.7. The van der Waals surface area contributed by atoms with Crippen LogP contribution in [0, 0.1) is 0 Å². The molecule has 0 aliphatic carbocycles. The Labute approximate surface area is 230 Å². The van der Waals surface area contributed by atoms with Crippen molar-refractivity contribution in [2.24, 2.45) is 0 Å². The first kappa shape index (κ1) is 27.0. The molecule has 2 fully saturated rings. The topological polar surface area (TPSA) is 118 Å². The number of ether oxygens (including phenoxy) is 4. The number of nitrogens with zero attached hydrogens (tertiary/aromatic N) is 1. The number of methoxy groups -OCH3 is 1. The Hall–Kier alpha value is -4.54. The summed E-state index contributed by atoms with van der Waals surface area (Å²) in [6.07, 6.45) is -4.47. The maximum Gasteiger partial charge on any atom is 0.338 e. The normalized spacial score (nSPS) is 25.2. The molecule has 10 nitrogen and oxygen atoms in total. The Morgan fingerprint density at radius 2 is 1.12 bits per heavy atom. The summed E-state index contributed by atoms with van der Waals surface area (Å²) in [5.74, 6) is -2.65. The lowest BCUT2D eigenvalue weighted by atomic mass is 9.95. The molecule has 3 aromatic carbocycles. The molecule has 2 heterocycles. The summed E-state index contributed by atoms with van der Waals surface area (Å²) in [7, 11) is 1.25. The van der Waals surface area contributed by atoms with Gasteiger partial charge in [0.1, 0.15) is 12.1 Å². The van der Waals surface area contributed by atoms with Crippen molar-refractivity contribution in [3.63, 3.8) is 0 Å². The van der Waals surface area contributed by atoms with E-state index >= 15 is 0 Å². The number of esters is 4. The van der Waals surface area contributed by atoms with Gasteiger partial charge >= 0.3 is 23.9 Å². The van der Waals surface area contributed by atoms with Gasteiger partial charge in [-0.25, -0.2) is 14.4 Å². The van der Waals surface area contributed by atoms with Crippen LogP contribution in [-0.2, 0) is 28.6 Å². The van der Waals surface area contributed by atoms with Crippen molar-refractivity contribution in [1.82, 2.24) is 5.06 Å². The third kappa shape index (κ3) is 5.88. The van der Waals surface area contributed by atoms with Gasteiger partial charge in [0.25, 0.3) is 0 Å². The number of benzene rings is 3. The van der Waals surface area contributed by atoms with Gasteiger partial charge in [0.05, 0.1) is 30.3 Å². The molecule has 0 amide bonds. The zero-order chi connectivity index (χ0) is 28.1. The summed E-state index contributed by atoms with van der Waals surface area (Å²) < 4.78 is 22.6. The number of carbonyl (C=O) groups excluding carboxylic acids is 4. The molecule has 40 heavy (non-hydrogen) atoms. The SMILES string of the molecule is COC(=O)[C@H]1C[C@@H]2ON1C[C@H](OC(=O)c1ccccc1)[C@@H](OC(=O)c1ccccc1)[C@H]2OC(=O)c1ccccc1. The third-order valence-corrected chi connectivity index (χ3v) is 6.74. The van der Waals surface area contributed by atoms with Crippen molar-refractivity contribution in [3.05, 3.63) is 108 Å². The Morgan fingerprint density at radius 3 is 1.60 bits per heavy atom. The smallest absolute Gasteiger partial charge is 0.338 e. The van der Waals surface area contributed by atoms with Crippen LogP contribution in [-0.4, -0.2) is 73.1 Å². The van der Waals surface area contributed by atoms with Crippen molar-refractivity contribution in [3.8, 4) is 0 Å². The van der Waals surface area contributed by atoms with E-state index in [9.17, 15) is 19.2 Å². The van der Waals surface area contributed by atoms with Gasteiger partial charge < -0.3 is 18.9 Å². The van der Waals surface area contributed by atoms with Crippen molar-refractivity contribution in [2.45, 2.75) is 36.9 Å². The van der Waals surface area contributed by atoms with E-state index < -0.39 is 54.3 Å². The van der Waals surface area contributed by atoms with Crippen LogP contribution in [0.25, 0.3) is 0 Å². The van der Waals surface area contributed by atoms with E-state index in [2.05, 4.69) is 0 Å². The molecular weight excluding hydrogens is 518 g/mol. The van der Waals surface area contributed by atoms with Gasteiger partial charge in [-0.3, -0.25) is 9.63 Å². The molecule has 2 aliphatic heterocycles. The lowest BCUT2D eigenvalue weighted by Gasteiger charge is -2.34. The predicted molar refractivity (Wildman–Crippen MR) is 139 cm³/mol. The fourth-order valence-electron chi connectivity index (χ4n) is 4.75. The highest BCUT2D eigenvalue weighted by molar-refractivity contribution is 5.91. The largest absolute Gasteiger partial charge is 0.468 e. The minimum Gasteiger partial charge on any atom is -0.468 e. The summed E-state index contributed by atoms with van der Waals surface area (Å²) in [6, 6.07) is 24.0. The average Bonchev–Trinajstić information content (AvgIpc) is 3.37. The average molecular weight is 546 g/mol. The van der Waals surface area contributed by atoms with Crippen LogP contribution in [0.2, 0.25) is 0 Å². The Morgan fingerprint density at radius 1 is 0.675 bits per heavy atom. The van der Waals surface area contributed by atoms with Gasteiger partial charge in [-0.05, 0) is 36.4 Å². The number of rotatable bonds is 7. The monoisotopic (exact) mass is 545 g/mol. The van der Waals surface area contributed by atoms with Crippen molar-refractivity contribution in [1.29, 1.82) is 0 Å². The summed E-state index contributed by atoms with van der Waals surface area (Å²) in [5, 5.41) is 1.33. The number of hydroxylamine groups is 2. The molecule has 6 atom stereocenters. The highest BCUT2D eigenvalue weighted by Crippen LogP contribution is 2.35. The molecule has 0 saturated carbocycles. The van der Waals surface area contributed by atoms with E-state index in [1.807, 2.05) is 0 Å². The summed E-state index contributed by atoms with van der Waals surface area (Å²) in [4.78, 5) is 58.1. The van der Waals surface area contributed by atoms with E-state index in [-0.39, 0.29) is 29.7 Å². The lowest BCUT2D eigenvalue weighted by Crippen LogP contribution is -2.53.